The summed E-state index contributed by atoms with van der Waals surface area (Å²) in [5.74, 6) is 4.72. The second-order valence-corrected chi connectivity index (χ2v) is 9.72. The summed E-state index contributed by atoms with van der Waals surface area (Å²) in [6, 6.07) is 7.91. The molecule has 0 amide bonds. The number of carbonyl (C=O) groups excluding carboxylic acids is 1. The van der Waals surface area contributed by atoms with Gasteiger partial charge in [-0.05, 0) is 85.6 Å². The highest BCUT2D eigenvalue weighted by molar-refractivity contribution is 6.23. The lowest BCUT2D eigenvalue weighted by Gasteiger charge is -2.50. The van der Waals surface area contributed by atoms with E-state index in [9.17, 15) is 9.90 Å². The zero-order valence-corrected chi connectivity index (χ0v) is 18.0. The molecule has 4 aliphatic carbocycles. The number of ketones is 1. The number of Topliss-reactive ketones (excluding diaryl/α,β-unsaturated/α-hetero) is 1. The maximum absolute atomic E-state index is 13.0. The van der Waals surface area contributed by atoms with Crippen LogP contribution >= 0.6 is 0 Å². The Hall–Kier alpha value is -2.31. The summed E-state index contributed by atoms with van der Waals surface area (Å²) in [4.78, 5) is 13.0. The summed E-state index contributed by atoms with van der Waals surface area (Å²) in [5.41, 5.74) is 4.96. The fourth-order valence-electron chi connectivity index (χ4n) is 7.00. The Bertz CT molecular complexity index is 1020. The summed E-state index contributed by atoms with van der Waals surface area (Å²) >= 11 is 0. The van der Waals surface area contributed by atoms with Crippen LogP contribution in [0, 0.1) is 29.6 Å². The molecule has 3 heteroatoms. The Kier molecular flexibility index (Phi) is 4.49. The molecule has 5 rings (SSSR count). The molecule has 1 N–H and O–H groups in total. The van der Waals surface area contributed by atoms with Crippen LogP contribution in [0.4, 0.5) is 0 Å². The zero-order valence-electron chi connectivity index (χ0n) is 18.0. The normalized spacial score (nSPS) is 35.5. The molecule has 1 aromatic carbocycles. The Labute approximate surface area is 179 Å². The second-order valence-electron chi connectivity index (χ2n) is 9.72. The van der Waals surface area contributed by atoms with E-state index in [4.69, 9.17) is 11.2 Å². The number of fused-ring (bicyclic) bond motifs is 4. The Balaban J connectivity index is 1.60. The third kappa shape index (κ3) is 2.59. The summed E-state index contributed by atoms with van der Waals surface area (Å²) in [7, 11) is 1.66. The van der Waals surface area contributed by atoms with Gasteiger partial charge in [0.2, 0.25) is 0 Å². The van der Waals surface area contributed by atoms with E-state index in [0.717, 1.165) is 55.4 Å². The molecule has 0 spiro atoms. The van der Waals surface area contributed by atoms with Gasteiger partial charge >= 0.3 is 0 Å². The summed E-state index contributed by atoms with van der Waals surface area (Å²) < 4.78 is 5.41. The molecule has 0 unspecified atom stereocenters. The third-order valence-corrected chi connectivity index (χ3v) is 8.66. The fraction of sp³-hybridized carbons (Fsp3) is 0.519. The van der Waals surface area contributed by atoms with Crippen molar-refractivity contribution in [3.8, 4) is 18.1 Å². The molecule has 3 nitrogen and oxygen atoms in total. The lowest BCUT2D eigenvalue weighted by Crippen LogP contribution is -2.49. The van der Waals surface area contributed by atoms with Gasteiger partial charge in [0.05, 0.1) is 7.11 Å². The SMILES string of the molecule is C#C[C@]1(O)CC[C@H]2[C@@H]3CCC4=C(c5cccc(OC)c5)C(=O)CCC4=C3CC[C@@]21C. The molecule has 0 aromatic heterocycles. The molecule has 0 bridgehead atoms. The Morgan fingerprint density at radius 1 is 1.13 bits per heavy atom. The first kappa shape index (κ1) is 19.6. The molecule has 30 heavy (non-hydrogen) atoms. The van der Waals surface area contributed by atoms with Crippen LogP contribution in [-0.2, 0) is 4.79 Å². The largest absolute Gasteiger partial charge is 0.497 e. The van der Waals surface area contributed by atoms with Gasteiger partial charge in [0.15, 0.2) is 5.78 Å². The first-order valence-electron chi connectivity index (χ1n) is 11.2. The van der Waals surface area contributed by atoms with Gasteiger partial charge in [-0.15, -0.1) is 6.42 Å². The van der Waals surface area contributed by atoms with Crippen LogP contribution in [0.1, 0.15) is 63.9 Å². The van der Waals surface area contributed by atoms with E-state index in [0.29, 0.717) is 24.7 Å². The summed E-state index contributed by atoms with van der Waals surface area (Å²) in [6.45, 7) is 2.21. The number of rotatable bonds is 2. The Morgan fingerprint density at radius 3 is 2.73 bits per heavy atom. The van der Waals surface area contributed by atoms with E-state index in [2.05, 4.69) is 12.8 Å². The van der Waals surface area contributed by atoms with Gasteiger partial charge < -0.3 is 9.84 Å². The van der Waals surface area contributed by atoms with Crippen molar-refractivity contribution in [2.45, 2.75) is 63.9 Å². The molecule has 2 fully saturated rings. The highest BCUT2D eigenvalue weighted by Gasteiger charge is 2.60. The van der Waals surface area contributed by atoms with Crippen LogP contribution in [0.3, 0.4) is 0 Å². The highest BCUT2D eigenvalue weighted by atomic mass is 16.5. The number of aliphatic hydroxyl groups is 1. The molecule has 4 atom stereocenters. The average Bonchev–Trinajstić information content (AvgIpc) is 3.04. The van der Waals surface area contributed by atoms with Crippen molar-refractivity contribution >= 4 is 11.4 Å². The smallest absolute Gasteiger partial charge is 0.164 e. The maximum Gasteiger partial charge on any atom is 0.164 e. The number of methoxy groups -OCH3 is 1. The minimum absolute atomic E-state index is 0.197. The molecular weight excluding hydrogens is 372 g/mol. The van der Waals surface area contributed by atoms with Crippen molar-refractivity contribution in [1.82, 2.24) is 0 Å². The minimum Gasteiger partial charge on any atom is -0.497 e. The van der Waals surface area contributed by atoms with E-state index >= 15 is 0 Å². The molecule has 0 aliphatic heterocycles. The maximum atomic E-state index is 13.0. The molecule has 0 saturated heterocycles. The van der Waals surface area contributed by atoms with Gasteiger partial charge in [0.1, 0.15) is 11.4 Å². The number of ether oxygens (including phenoxy) is 1. The van der Waals surface area contributed by atoms with Crippen molar-refractivity contribution in [2.24, 2.45) is 17.3 Å². The first-order chi connectivity index (χ1) is 14.4. The van der Waals surface area contributed by atoms with E-state index in [1.807, 2.05) is 24.3 Å². The van der Waals surface area contributed by atoms with Gasteiger partial charge in [-0.2, -0.15) is 0 Å². The van der Waals surface area contributed by atoms with Crippen molar-refractivity contribution in [2.75, 3.05) is 7.11 Å². The number of carbonyl (C=O) groups is 1. The Morgan fingerprint density at radius 2 is 1.97 bits per heavy atom. The predicted octanol–water partition coefficient (Wildman–Crippen LogP) is 5.09. The third-order valence-electron chi connectivity index (χ3n) is 8.66. The molecule has 0 radical (unpaired) electrons. The zero-order chi connectivity index (χ0) is 21.1. The van der Waals surface area contributed by atoms with Crippen LogP contribution in [0.15, 0.2) is 41.0 Å². The summed E-state index contributed by atoms with van der Waals surface area (Å²) in [6.07, 6.45) is 12.8. The van der Waals surface area contributed by atoms with Gasteiger partial charge in [0, 0.05) is 17.4 Å². The monoisotopic (exact) mass is 402 g/mol. The van der Waals surface area contributed by atoms with Crippen LogP contribution in [0.2, 0.25) is 0 Å². The lowest BCUT2D eigenvalue weighted by molar-refractivity contribution is -0.113. The minimum atomic E-state index is -0.974. The average molecular weight is 403 g/mol. The first-order valence-corrected chi connectivity index (χ1v) is 11.2. The van der Waals surface area contributed by atoms with Crippen LogP contribution in [0.25, 0.3) is 5.57 Å². The standard InChI is InChI=1S/C27H30O3/c1-4-27(29)15-13-23-21-8-9-22-19(20(21)12-14-26(23,27)2)10-11-24(28)25(22)17-6-5-7-18(16-17)30-3/h1,5-7,16,21,23,29H,8-15H2,2-3H3/t21-,23+,26+,27+/m1/s1. The summed E-state index contributed by atoms with van der Waals surface area (Å²) in [5, 5.41) is 11.1. The molecule has 4 aliphatic rings. The van der Waals surface area contributed by atoms with Gasteiger partial charge in [-0.1, -0.05) is 30.6 Å². The fourth-order valence-corrected chi connectivity index (χ4v) is 7.00. The molecular formula is C27H30O3. The number of benzene rings is 1. The van der Waals surface area contributed by atoms with Crippen molar-refractivity contribution in [1.29, 1.82) is 0 Å². The second kappa shape index (κ2) is 6.86. The van der Waals surface area contributed by atoms with E-state index in [1.54, 1.807) is 12.7 Å². The van der Waals surface area contributed by atoms with Crippen molar-refractivity contribution in [3.05, 3.63) is 46.5 Å². The number of hydrogen-bond acceptors (Lipinski definition) is 3. The van der Waals surface area contributed by atoms with Crippen LogP contribution in [-0.4, -0.2) is 23.6 Å². The van der Waals surface area contributed by atoms with Crippen LogP contribution < -0.4 is 4.74 Å². The van der Waals surface area contributed by atoms with Gasteiger partial charge in [-0.3, -0.25) is 4.79 Å². The number of hydrogen-bond donors (Lipinski definition) is 1. The molecule has 0 heterocycles. The quantitative estimate of drug-likeness (QED) is 0.701. The van der Waals surface area contributed by atoms with E-state index < -0.39 is 5.60 Å². The highest BCUT2D eigenvalue weighted by Crippen LogP contribution is 2.63. The van der Waals surface area contributed by atoms with Crippen LogP contribution in [0.5, 0.6) is 5.75 Å². The molecule has 1 aromatic rings. The predicted molar refractivity (Wildman–Crippen MR) is 118 cm³/mol. The van der Waals surface area contributed by atoms with Crippen molar-refractivity contribution < 1.29 is 14.6 Å². The van der Waals surface area contributed by atoms with E-state index in [-0.39, 0.29) is 11.2 Å². The van der Waals surface area contributed by atoms with Crippen molar-refractivity contribution in [3.63, 3.8) is 0 Å². The molecule has 2 saturated carbocycles. The van der Waals surface area contributed by atoms with Gasteiger partial charge in [0.25, 0.3) is 0 Å². The molecule has 156 valence electrons. The van der Waals surface area contributed by atoms with Gasteiger partial charge in [-0.25, -0.2) is 0 Å². The number of terminal acetylenes is 1. The van der Waals surface area contributed by atoms with E-state index in [1.165, 1.54) is 11.1 Å². The number of allylic oxidation sites excluding steroid dienone is 4. The topological polar surface area (TPSA) is 46.5 Å². The lowest BCUT2D eigenvalue weighted by atomic mass is 9.55.